The molecule has 0 rings (SSSR count). The zero-order valence-corrected chi connectivity index (χ0v) is 31.9. The Bertz CT molecular complexity index is 157. The summed E-state index contributed by atoms with van der Waals surface area (Å²) in [5.41, 5.74) is 0. The summed E-state index contributed by atoms with van der Waals surface area (Å²) in [6.45, 7) is 4.58. The van der Waals surface area contributed by atoms with Crippen LogP contribution in [0.2, 0.25) is 8.87 Å². The zero-order valence-electron chi connectivity index (χ0n) is 12.5. The Morgan fingerprint density at radius 2 is 0.900 bits per heavy atom. The van der Waals surface area contributed by atoms with E-state index in [2.05, 4.69) is 13.8 Å². The van der Waals surface area contributed by atoms with E-state index in [0.29, 0.717) is 0 Å². The Balaban J connectivity index is -0.0000000655. The summed E-state index contributed by atoms with van der Waals surface area (Å²) in [5, 5.41) is 46.3. The fourth-order valence-corrected chi connectivity index (χ4v) is 4.89. The summed E-state index contributed by atoms with van der Waals surface area (Å²) in [6, 6.07) is 0. The fourth-order valence-electron chi connectivity index (χ4n) is 0.729. The Hall–Kier alpha value is 3.32. The van der Waals surface area contributed by atoms with Gasteiger partial charge in [-0.1, -0.05) is 0 Å². The summed E-state index contributed by atoms with van der Waals surface area (Å²) < 4.78 is 3.25. The predicted molar refractivity (Wildman–Crippen MR) is 89.6 cm³/mol. The van der Waals surface area contributed by atoms with Gasteiger partial charge in [-0.3, -0.25) is 0 Å². The Morgan fingerprint density at radius 3 is 1.05 bits per heavy atom. The summed E-state index contributed by atoms with van der Waals surface area (Å²) in [5.74, 6) is -7.79. The third-order valence-corrected chi connectivity index (χ3v) is 5.90. The van der Waals surface area contributed by atoms with Crippen molar-refractivity contribution in [2.24, 2.45) is 0 Å². The molecule has 0 aromatic carbocycles. The third kappa shape index (κ3) is 26.2. The normalized spacial score (nSPS) is 10.2. The standard InChI is InChI=1S/2C4H9.C2H6O6.3Pb.Sn.6H/c2*1-3-4-2;3-1(4,5)2(6,7)8;;;;;;;;;;/h2*1,3-4H2,2H3;3-8H;;;;;;;;;;. The molecule has 0 aromatic heterocycles. The van der Waals surface area contributed by atoms with E-state index in [1.54, 1.807) is 8.87 Å². The van der Waals surface area contributed by atoms with Crippen LogP contribution in [0.3, 0.4) is 0 Å². The maximum absolute atomic E-state index is 7.72. The van der Waals surface area contributed by atoms with Crippen molar-refractivity contribution in [2.45, 2.75) is 60.4 Å². The van der Waals surface area contributed by atoms with Crippen LogP contribution < -0.4 is 0 Å². The molecule has 0 heterocycles. The molecule has 0 aliphatic heterocycles. The SMILES string of the molecule is CCC[CH2][Sn][CH2]CCC.OC(O)(O)C(O)(O)O.[PbH2].[PbH2].[PbH2]. The first kappa shape index (κ1) is 34.6. The van der Waals surface area contributed by atoms with Gasteiger partial charge in [0.1, 0.15) is 0 Å². The molecule has 0 saturated carbocycles. The Labute approximate surface area is 191 Å². The van der Waals surface area contributed by atoms with Gasteiger partial charge in [0.2, 0.25) is 0 Å². The van der Waals surface area contributed by atoms with E-state index in [9.17, 15) is 0 Å². The molecule has 0 aliphatic rings. The van der Waals surface area contributed by atoms with Crippen molar-refractivity contribution >= 4 is 103 Å². The van der Waals surface area contributed by atoms with Crippen molar-refractivity contribution in [3.63, 3.8) is 0 Å². The van der Waals surface area contributed by atoms with Crippen LogP contribution in [0, 0.1) is 0 Å². The average Bonchev–Trinajstić information content (AvgIpc) is 2.15. The molecule has 6 nitrogen and oxygen atoms in total. The first-order chi connectivity index (χ1) is 7.66. The molecule has 0 aliphatic carbocycles. The molecule has 0 saturated heterocycles. The molecule has 122 valence electrons. The molecule has 0 spiro atoms. The second-order valence-corrected chi connectivity index (χ2v) is 8.01. The van der Waals surface area contributed by atoms with Crippen molar-refractivity contribution in [1.82, 2.24) is 0 Å². The maximum atomic E-state index is 7.72. The monoisotopic (exact) mass is 990 g/mol. The van der Waals surface area contributed by atoms with E-state index < -0.39 is 11.9 Å². The van der Waals surface area contributed by atoms with Crippen LogP contribution in [0.15, 0.2) is 0 Å². The van der Waals surface area contributed by atoms with Gasteiger partial charge in [-0.2, -0.15) is 0 Å². The van der Waals surface area contributed by atoms with Crippen LogP contribution in [-0.4, -0.2) is 146 Å². The molecular formula is C10H30O6Pb3Sn. The van der Waals surface area contributed by atoms with Gasteiger partial charge in [0, 0.05) is 0 Å². The molecule has 0 aromatic rings. The van der Waals surface area contributed by atoms with E-state index in [4.69, 9.17) is 30.6 Å². The number of hydrogen-bond acceptors (Lipinski definition) is 6. The summed E-state index contributed by atoms with van der Waals surface area (Å²) in [7, 11) is 0. The molecule has 20 heavy (non-hydrogen) atoms. The van der Waals surface area contributed by atoms with Crippen molar-refractivity contribution in [2.75, 3.05) is 0 Å². The van der Waals surface area contributed by atoms with Crippen LogP contribution in [0.1, 0.15) is 39.5 Å². The van der Waals surface area contributed by atoms with Gasteiger partial charge in [0.15, 0.2) is 0 Å². The van der Waals surface area contributed by atoms with Crippen LogP contribution in [-0.2, 0) is 0 Å². The van der Waals surface area contributed by atoms with E-state index in [-0.39, 0.29) is 103 Å². The topological polar surface area (TPSA) is 121 Å². The van der Waals surface area contributed by atoms with E-state index in [0.717, 1.165) is 0 Å². The molecule has 0 amide bonds. The van der Waals surface area contributed by atoms with Gasteiger partial charge in [-0.25, -0.2) is 0 Å². The first-order valence-electron chi connectivity index (χ1n) is 5.71. The number of aliphatic hydroxyl groups is 6. The molecule has 0 bridgehead atoms. The third-order valence-electron chi connectivity index (χ3n) is 1.86. The molecular weight excluding hydrogens is 956 g/mol. The number of unbranched alkanes of at least 4 members (excludes halogenated alkanes) is 2. The average molecular weight is 987 g/mol. The van der Waals surface area contributed by atoms with Crippen LogP contribution in [0.5, 0.6) is 0 Å². The van der Waals surface area contributed by atoms with Crippen LogP contribution in [0.4, 0.5) is 0 Å². The van der Waals surface area contributed by atoms with Crippen LogP contribution >= 0.6 is 0 Å². The van der Waals surface area contributed by atoms with Crippen molar-refractivity contribution in [3.05, 3.63) is 0 Å². The quantitative estimate of drug-likeness (QED) is 0.0902. The minimum atomic E-state index is -3.90. The molecule has 6 N–H and O–H groups in total. The molecule has 0 atom stereocenters. The predicted octanol–water partition coefficient (Wildman–Crippen LogP) is -3.37. The Morgan fingerprint density at radius 1 is 0.650 bits per heavy atom. The first-order valence-corrected chi connectivity index (χ1v) is 9.75. The van der Waals surface area contributed by atoms with Gasteiger partial charge in [-0.15, -0.1) is 0 Å². The van der Waals surface area contributed by atoms with E-state index in [1.165, 1.54) is 25.7 Å². The second-order valence-electron chi connectivity index (χ2n) is 3.73. The van der Waals surface area contributed by atoms with Gasteiger partial charge in [0.05, 0.1) is 0 Å². The molecule has 0 fully saturated rings. The minimum absolute atomic E-state index is 0. The van der Waals surface area contributed by atoms with Crippen molar-refractivity contribution in [1.29, 1.82) is 0 Å². The Kier molecular flexibility index (Phi) is 35.3. The number of rotatable bonds is 7. The summed E-state index contributed by atoms with van der Waals surface area (Å²) in [6.07, 6.45) is 5.84. The van der Waals surface area contributed by atoms with E-state index >= 15 is 0 Å². The van der Waals surface area contributed by atoms with Crippen molar-refractivity contribution < 1.29 is 30.6 Å². The van der Waals surface area contributed by atoms with Crippen LogP contribution in [0.25, 0.3) is 0 Å². The van der Waals surface area contributed by atoms with Gasteiger partial charge < -0.3 is 30.6 Å². The van der Waals surface area contributed by atoms with Crippen molar-refractivity contribution in [3.8, 4) is 0 Å². The fraction of sp³-hybridized carbons (Fsp3) is 1.00. The van der Waals surface area contributed by atoms with E-state index in [1.807, 2.05) is 0 Å². The second kappa shape index (κ2) is 20.4. The summed E-state index contributed by atoms with van der Waals surface area (Å²) >= 11 is 0.149. The zero-order chi connectivity index (χ0) is 13.9. The summed E-state index contributed by atoms with van der Waals surface area (Å²) in [4.78, 5) is 0. The molecule has 8 radical (unpaired) electrons. The van der Waals surface area contributed by atoms with Gasteiger partial charge in [0.25, 0.3) is 0 Å². The van der Waals surface area contributed by atoms with Gasteiger partial charge >= 0.3 is 163 Å². The number of hydrogen-bond donors (Lipinski definition) is 6. The molecule has 0 unspecified atom stereocenters. The van der Waals surface area contributed by atoms with Gasteiger partial charge in [-0.05, 0) is 0 Å². The molecule has 10 heteroatoms.